The van der Waals surface area contributed by atoms with Crippen LogP contribution in [0, 0.1) is 0 Å². The van der Waals surface area contributed by atoms with E-state index in [0.717, 1.165) is 23.2 Å². The van der Waals surface area contributed by atoms with Crippen molar-refractivity contribution >= 4 is 17.9 Å². The van der Waals surface area contributed by atoms with Gasteiger partial charge >= 0.3 is 5.24 Å². The molecule has 0 aliphatic heterocycles. The Bertz CT molecular complexity index is 559. The van der Waals surface area contributed by atoms with E-state index in [2.05, 4.69) is 23.8 Å². The third-order valence-corrected chi connectivity index (χ3v) is 2.84. The van der Waals surface area contributed by atoms with Gasteiger partial charge in [-0.15, -0.1) is 0 Å². The molecule has 1 aliphatic rings. The second-order valence-electron chi connectivity index (χ2n) is 3.56. The van der Waals surface area contributed by atoms with Crippen molar-refractivity contribution in [1.82, 2.24) is 9.78 Å². The molecule has 0 saturated carbocycles. The minimum atomic E-state index is -0.345. The first-order valence-corrected chi connectivity index (χ1v) is 5.10. The first-order chi connectivity index (χ1) is 7.25. The summed E-state index contributed by atoms with van der Waals surface area (Å²) < 4.78 is 1.28. The van der Waals surface area contributed by atoms with Crippen LogP contribution in [0.5, 0.6) is 0 Å². The minimum absolute atomic E-state index is 0.345. The topological polar surface area (TPSA) is 34.9 Å². The van der Waals surface area contributed by atoms with Gasteiger partial charge in [0, 0.05) is 23.7 Å². The number of aromatic nitrogens is 2. The van der Waals surface area contributed by atoms with Crippen molar-refractivity contribution in [1.29, 1.82) is 0 Å². The van der Waals surface area contributed by atoms with Gasteiger partial charge in [-0.3, -0.25) is 4.79 Å². The lowest BCUT2D eigenvalue weighted by Crippen LogP contribution is -2.02. The second-order valence-corrected chi connectivity index (χ2v) is 3.95. The van der Waals surface area contributed by atoms with Crippen LogP contribution in [0.3, 0.4) is 0 Å². The second kappa shape index (κ2) is 2.97. The van der Waals surface area contributed by atoms with E-state index in [4.69, 9.17) is 0 Å². The Hall–Kier alpha value is -1.55. The summed E-state index contributed by atoms with van der Waals surface area (Å²) in [4.78, 5) is 11.0. The Kier molecular flexibility index (Phi) is 1.73. The summed E-state index contributed by atoms with van der Waals surface area (Å²) in [7, 11) is 0. The molecule has 74 valence electrons. The molecule has 2 aromatic rings. The number of thiol groups is 1. The molecule has 15 heavy (non-hydrogen) atoms. The molecule has 3 nitrogen and oxygen atoms in total. The van der Waals surface area contributed by atoms with Gasteiger partial charge in [0.05, 0.1) is 5.69 Å². The summed E-state index contributed by atoms with van der Waals surface area (Å²) in [5.74, 6) is 0. The van der Waals surface area contributed by atoms with E-state index in [1.807, 2.05) is 18.2 Å². The summed E-state index contributed by atoms with van der Waals surface area (Å²) in [6, 6.07) is 8.11. The first-order valence-electron chi connectivity index (χ1n) is 4.66. The van der Waals surface area contributed by atoms with Crippen molar-refractivity contribution in [2.45, 2.75) is 6.42 Å². The molecule has 1 heterocycles. The highest BCUT2D eigenvalue weighted by atomic mass is 32.1. The van der Waals surface area contributed by atoms with Crippen LogP contribution in [-0.2, 0) is 6.42 Å². The van der Waals surface area contributed by atoms with Crippen LogP contribution >= 0.6 is 12.6 Å². The number of hydrogen-bond donors (Lipinski definition) is 1. The van der Waals surface area contributed by atoms with Gasteiger partial charge in [-0.25, -0.2) is 0 Å². The molecule has 0 saturated heterocycles. The SMILES string of the molecule is O=C(S)n1cc2c(n1)-c1ccccc1C2. The van der Waals surface area contributed by atoms with Crippen LogP contribution in [0.25, 0.3) is 11.3 Å². The van der Waals surface area contributed by atoms with E-state index < -0.39 is 0 Å². The Balaban J connectivity index is 2.19. The molecule has 0 N–H and O–H groups in total. The monoisotopic (exact) mass is 216 g/mol. The smallest absolute Gasteiger partial charge is 0.260 e. The lowest BCUT2D eigenvalue weighted by molar-refractivity contribution is 0.260. The predicted molar refractivity (Wildman–Crippen MR) is 60.2 cm³/mol. The van der Waals surface area contributed by atoms with E-state index >= 15 is 0 Å². The van der Waals surface area contributed by atoms with Crippen LogP contribution < -0.4 is 0 Å². The van der Waals surface area contributed by atoms with Crippen molar-refractivity contribution < 1.29 is 4.79 Å². The van der Waals surface area contributed by atoms with Gasteiger partial charge in [0.1, 0.15) is 0 Å². The number of fused-ring (bicyclic) bond motifs is 3. The number of carbonyl (C=O) groups is 1. The van der Waals surface area contributed by atoms with Crippen molar-refractivity contribution in [2.75, 3.05) is 0 Å². The fourth-order valence-electron chi connectivity index (χ4n) is 1.97. The van der Waals surface area contributed by atoms with E-state index in [9.17, 15) is 4.79 Å². The fraction of sp³-hybridized carbons (Fsp3) is 0.0909. The maximum atomic E-state index is 11.0. The maximum absolute atomic E-state index is 11.0. The van der Waals surface area contributed by atoms with Crippen LogP contribution in [0.1, 0.15) is 11.1 Å². The van der Waals surface area contributed by atoms with Gasteiger partial charge in [0.25, 0.3) is 0 Å². The highest BCUT2D eigenvalue weighted by molar-refractivity contribution is 7.96. The van der Waals surface area contributed by atoms with Crippen LogP contribution in [-0.4, -0.2) is 15.0 Å². The van der Waals surface area contributed by atoms with Crippen molar-refractivity contribution in [3.05, 3.63) is 41.6 Å². The van der Waals surface area contributed by atoms with Crippen molar-refractivity contribution in [2.24, 2.45) is 0 Å². The van der Waals surface area contributed by atoms with E-state index in [0.29, 0.717) is 0 Å². The van der Waals surface area contributed by atoms with Gasteiger partial charge in [0.2, 0.25) is 0 Å². The number of benzene rings is 1. The van der Waals surface area contributed by atoms with Crippen LogP contribution in [0.4, 0.5) is 4.79 Å². The average Bonchev–Trinajstić information content (AvgIpc) is 2.73. The lowest BCUT2D eigenvalue weighted by Gasteiger charge is -1.97. The predicted octanol–water partition coefficient (Wildman–Crippen LogP) is 2.35. The van der Waals surface area contributed by atoms with Gasteiger partial charge in [-0.1, -0.05) is 36.9 Å². The molecule has 0 unspecified atom stereocenters. The molecule has 1 aromatic carbocycles. The lowest BCUT2D eigenvalue weighted by atomic mass is 10.1. The van der Waals surface area contributed by atoms with Gasteiger partial charge in [-0.2, -0.15) is 9.78 Å². The zero-order valence-corrected chi connectivity index (χ0v) is 8.74. The van der Waals surface area contributed by atoms with E-state index in [-0.39, 0.29) is 5.24 Å². The molecule has 1 aliphatic carbocycles. The first kappa shape index (κ1) is 8.73. The summed E-state index contributed by atoms with van der Waals surface area (Å²) in [5.41, 5.74) is 4.40. The van der Waals surface area contributed by atoms with E-state index in [1.165, 1.54) is 10.2 Å². The van der Waals surface area contributed by atoms with Gasteiger partial charge < -0.3 is 0 Å². The Morgan fingerprint density at radius 2 is 2.13 bits per heavy atom. The molecule has 0 atom stereocenters. The molecule has 0 spiro atoms. The standard InChI is InChI=1S/C11H8N2OS/c14-11(15)13-6-8-5-7-3-1-2-4-9(7)10(8)12-13/h1-4,6H,5H2,(H,14,15). The van der Waals surface area contributed by atoms with Gasteiger partial charge in [-0.05, 0) is 5.56 Å². The zero-order chi connectivity index (χ0) is 10.4. The fourth-order valence-corrected chi connectivity index (χ4v) is 2.08. The average molecular weight is 216 g/mol. The molecule has 0 bridgehead atoms. The van der Waals surface area contributed by atoms with Crippen LogP contribution in [0.2, 0.25) is 0 Å². The van der Waals surface area contributed by atoms with Crippen molar-refractivity contribution in [3.8, 4) is 11.3 Å². The summed E-state index contributed by atoms with van der Waals surface area (Å²) in [5, 5.41) is 3.88. The van der Waals surface area contributed by atoms with Gasteiger partial charge in [0.15, 0.2) is 0 Å². The number of nitrogens with zero attached hydrogens (tertiary/aromatic N) is 2. The molecule has 1 aromatic heterocycles. The summed E-state index contributed by atoms with van der Waals surface area (Å²) >= 11 is 3.74. The molecular weight excluding hydrogens is 208 g/mol. The Morgan fingerprint density at radius 3 is 2.93 bits per heavy atom. The maximum Gasteiger partial charge on any atom is 0.302 e. The third kappa shape index (κ3) is 1.22. The quantitative estimate of drug-likeness (QED) is 0.585. The molecular formula is C11H8N2OS. The highest BCUT2D eigenvalue weighted by Gasteiger charge is 2.22. The molecule has 0 fully saturated rings. The number of rotatable bonds is 0. The summed E-state index contributed by atoms with van der Waals surface area (Å²) in [6.07, 6.45) is 2.61. The molecule has 0 amide bonds. The minimum Gasteiger partial charge on any atom is -0.260 e. The third-order valence-electron chi connectivity index (χ3n) is 2.64. The van der Waals surface area contributed by atoms with Crippen LogP contribution in [0.15, 0.2) is 30.5 Å². The van der Waals surface area contributed by atoms with Crippen molar-refractivity contribution in [3.63, 3.8) is 0 Å². The molecule has 3 rings (SSSR count). The number of hydrogen-bond acceptors (Lipinski definition) is 2. The zero-order valence-electron chi connectivity index (χ0n) is 7.84. The number of carbonyl (C=O) groups excluding carboxylic acids is 1. The van der Waals surface area contributed by atoms with E-state index in [1.54, 1.807) is 6.20 Å². The Morgan fingerprint density at radius 1 is 1.33 bits per heavy atom. The normalized spacial score (nSPS) is 12.3. The summed E-state index contributed by atoms with van der Waals surface area (Å²) in [6.45, 7) is 0. The molecule has 0 radical (unpaired) electrons. The Labute approximate surface area is 92.1 Å². The largest absolute Gasteiger partial charge is 0.302 e. The highest BCUT2D eigenvalue weighted by Crippen LogP contribution is 2.34. The molecule has 4 heteroatoms.